The van der Waals surface area contributed by atoms with Crippen LogP contribution in [0.3, 0.4) is 0 Å². The van der Waals surface area contributed by atoms with Gasteiger partial charge in [0.05, 0.1) is 13.2 Å². The van der Waals surface area contributed by atoms with E-state index in [1.807, 2.05) is 7.05 Å². The quantitative estimate of drug-likeness (QED) is 0.416. The van der Waals surface area contributed by atoms with E-state index in [2.05, 4.69) is 47.8 Å². The molecule has 6 heteroatoms. The Morgan fingerprint density at radius 2 is 1.87 bits per heavy atom. The molecule has 0 aliphatic carbocycles. The number of aliphatic imine (C=N–C) groups is 1. The van der Waals surface area contributed by atoms with Crippen LogP contribution in [0.5, 0.6) is 0 Å². The van der Waals surface area contributed by atoms with Crippen molar-refractivity contribution in [2.45, 2.75) is 40.2 Å². The maximum atomic E-state index is 5.49. The minimum Gasteiger partial charge on any atom is -0.379 e. The van der Waals surface area contributed by atoms with Gasteiger partial charge >= 0.3 is 0 Å². The predicted octanol–water partition coefficient (Wildman–Crippen LogP) is 2.27. The van der Waals surface area contributed by atoms with Crippen LogP contribution in [0.1, 0.15) is 34.1 Å². The van der Waals surface area contributed by atoms with Gasteiger partial charge in [0, 0.05) is 45.8 Å². The first-order valence-electron chi connectivity index (χ1n) is 8.70. The number of guanidine groups is 1. The maximum absolute atomic E-state index is 5.49. The molecule has 2 saturated heterocycles. The average molecular weight is 438 g/mol. The molecule has 2 fully saturated rings. The van der Waals surface area contributed by atoms with Crippen molar-refractivity contribution < 1.29 is 4.74 Å². The Bertz CT molecular complexity index is 381. The summed E-state index contributed by atoms with van der Waals surface area (Å²) in [7, 11) is 1.90. The van der Waals surface area contributed by atoms with Gasteiger partial charge in [0.15, 0.2) is 5.96 Å². The lowest BCUT2D eigenvalue weighted by Gasteiger charge is -2.37. The second-order valence-electron chi connectivity index (χ2n) is 7.72. The highest BCUT2D eigenvalue weighted by atomic mass is 127. The molecule has 1 N–H and O–H groups in total. The molecule has 0 radical (unpaired) electrons. The zero-order valence-corrected chi connectivity index (χ0v) is 17.8. The Hall–Kier alpha value is -0.0800. The molecule has 0 spiro atoms. The number of nitrogens with one attached hydrogen (secondary N) is 1. The third-order valence-corrected chi connectivity index (χ3v) is 4.94. The van der Waals surface area contributed by atoms with Crippen molar-refractivity contribution in [3.63, 3.8) is 0 Å². The number of hydrogen-bond acceptors (Lipinski definition) is 3. The second-order valence-corrected chi connectivity index (χ2v) is 7.72. The first-order valence-corrected chi connectivity index (χ1v) is 8.70. The van der Waals surface area contributed by atoms with Crippen LogP contribution < -0.4 is 5.32 Å². The van der Waals surface area contributed by atoms with Crippen LogP contribution in [0.15, 0.2) is 4.99 Å². The summed E-state index contributed by atoms with van der Waals surface area (Å²) in [6.45, 7) is 16.3. The highest BCUT2D eigenvalue weighted by Gasteiger charge is 2.31. The fraction of sp³-hybridized carbons (Fsp3) is 0.941. The smallest absolute Gasteiger partial charge is 0.193 e. The fourth-order valence-electron chi connectivity index (χ4n) is 3.52. The Morgan fingerprint density at radius 1 is 1.22 bits per heavy atom. The van der Waals surface area contributed by atoms with Crippen LogP contribution in [0, 0.1) is 11.3 Å². The Balaban J connectivity index is 0.00000264. The van der Waals surface area contributed by atoms with Crippen LogP contribution in [-0.4, -0.2) is 74.8 Å². The molecule has 5 nitrogen and oxygen atoms in total. The Kier molecular flexibility index (Phi) is 8.58. The number of morpholine rings is 1. The first kappa shape index (κ1) is 21.0. The summed E-state index contributed by atoms with van der Waals surface area (Å²) >= 11 is 0. The molecule has 2 rings (SSSR count). The van der Waals surface area contributed by atoms with E-state index >= 15 is 0 Å². The molecule has 0 amide bonds. The molecule has 0 aromatic heterocycles. The highest BCUT2D eigenvalue weighted by molar-refractivity contribution is 14.0. The number of nitrogens with zero attached hydrogens (tertiary/aromatic N) is 3. The van der Waals surface area contributed by atoms with Crippen molar-refractivity contribution in [1.29, 1.82) is 0 Å². The number of rotatable bonds is 4. The fourth-order valence-corrected chi connectivity index (χ4v) is 3.52. The summed E-state index contributed by atoms with van der Waals surface area (Å²) in [6.07, 6.45) is 1.24. The zero-order chi connectivity index (χ0) is 16.2. The largest absolute Gasteiger partial charge is 0.379 e. The minimum absolute atomic E-state index is 0. The van der Waals surface area contributed by atoms with E-state index in [4.69, 9.17) is 4.74 Å². The summed E-state index contributed by atoms with van der Waals surface area (Å²) in [5, 5.41) is 3.62. The third kappa shape index (κ3) is 6.05. The van der Waals surface area contributed by atoms with Crippen LogP contribution >= 0.6 is 24.0 Å². The molecule has 0 aromatic carbocycles. The first-order chi connectivity index (χ1) is 10.4. The molecular weight excluding hydrogens is 403 g/mol. The van der Waals surface area contributed by atoms with Crippen molar-refractivity contribution in [3.8, 4) is 0 Å². The van der Waals surface area contributed by atoms with Gasteiger partial charge in [-0.2, -0.15) is 0 Å². The normalized spacial score (nSPS) is 23.7. The average Bonchev–Trinajstić information content (AvgIpc) is 2.84. The monoisotopic (exact) mass is 438 g/mol. The molecule has 136 valence electrons. The lowest BCUT2D eigenvalue weighted by atomic mass is 9.93. The van der Waals surface area contributed by atoms with Gasteiger partial charge < -0.3 is 15.0 Å². The van der Waals surface area contributed by atoms with Gasteiger partial charge in [-0.3, -0.25) is 9.89 Å². The van der Waals surface area contributed by atoms with Gasteiger partial charge in [0.2, 0.25) is 0 Å². The van der Waals surface area contributed by atoms with E-state index in [1.165, 1.54) is 6.42 Å². The van der Waals surface area contributed by atoms with E-state index in [9.17, 15) is 0 Å². The van der Waals surface area contributed by atoms with E-state index < -0.39 is 0 Å². The molecular formula is C17H35IN4O. The van der Waals surface area contributed by atoms with Crippen LogP contribution in [0.2, 0.25) is 0 Å². The van der Waals surface area contributed by atoms with Gasteiger partial charge in [-0.1, -0.05) is 27.7 Å². The summed E-state index contributed by atoms with van der Waals surface area (Å²) in [5.74, 6) is 1.68. The Morgan fingerprint density at radius 3 is 2.35 bits per heavy atom. The second kappa shape index (κ2) is 9.42. The molecule has 0 bridgehead atoms. The van der Waals surface area contributed by atoms with Gasteiger partial charge in [-0.15, -0.1) is 24.0 Å². The molecule has 1 atom stereocenters. The van der Waals surface area contributed by atoms with Gasteiger partial charge in [-0.25, -0.2) is 0 Å². The molecule has 2 aliphatic heterocycles. The number of ether oxygens (including phenoxy) is 1. The number of hydrogen-bond donors (Lipinski definition) is 1. The van der Waals surface area contributed by atoms with E-state index in [1.54, 1.807) is 0 Å². The van der Waals surface area contributed by atoms with Gasteiger partial charge in [0.25, 0.3) is 0 Å². The van der Waals surface area contributed by atoms with Crippen LogP contribution in [-0.2, 0) is 4.74 Å². The summed E-state index contributed by atoms with van der Waals surface area (Å²) in [4.78, 5) is 9.46. The molecule has 2 aliphatic rings. The van der Waals surface area contributed by atoms with Gasteiger partial charge in [-0.05, 0) is 17.8 Å². The van der Waals surface area contributed by atoms with Crippen molar-refractivity contribution >= 4 is 29.9 Å². The van der Waals surface area contributed by atoms with Crippen molar-refractivity contribution in [1.82, 2.24) is 15.1 Å². The van der Waals surface area contributed by atoms with Crippen molar-refractivity contribution in [2.75, 3.05) is 53.0 Å². The SMILES string of the molecule is CN=C(NCC(C(C)C)N1CCOCC1)N1CCC(C)(C)C1.I. The summed E-state index contributed by atoms with van der Waals surface area (Å²) in [6, 6.07) is 0.538. The van der Waals surface area contributed by atoms with Crippen LogP contribution in [0.25, 0.3) is 0 Å². The molecule has 0 aromatic rings. The van der Waals surface area contributed by atoms with E-state index in [0.29, 0.717) is 17.4 Å². The van der Waals surface area contributed by atoms with E-state index in [0.717, 1.165) is 51.9 Å². The standard InChI is InChI=1S/C17H34N4O.HI/c1-14(2)15(20-8-10-22-11-9-20)12-19-16(18-5)21-7-6-17(3,4)13-21;/h14-15H,6-13H2,1-5H3,(H,18,19);1H. The third-order valence-electron chi connectivity index (χ3n) is 4.94. The summed E-state index contributed by atoms with van der Waals surface area (Å²) in [5.41, 5.74) is 0.402. The Labute approximate surface area is 159 Å². The topological polar surface area (TPSA) is 40.1 Å². The van der Waals surface area contributed by atoms with Crippen LogP contribution in [0.4, 0.5) is 0 Å². The molecule has 23 heavy (non-hydrogen) atoms. The highest BCUT2D eigenvalue weighted by Crippen LogP contribution is 2.28. The van der Waals surface area contributed by atoms with Gasteiger partial charge in [0.1, 0.15) is 0 Å². The van der Waals surface area contributed by atoms with Crippen molar-refractivity contribution in [2.24, 2.45) is 16.3 Å². The van der Waals surface area contributed by atoms with E-state index in [-0.39, 0.29) is 24.0 Å². The molecule has 0 saturated carbocycles. The summed E-state index contributed by atoms with van der Waals surface area (Å²) < 4.78 is 5.49. The molecule has 1 unspecified atom stereocenters. The lowest BCUT2D eigenvalue weighted by molar-refractivity contribution is 0.00741. The van der Waals surface area contributed by atoms with Crippen molar-refractivity contribution in [3.05, 3.63) is 0 Å². The lowest BCUT2D eigenvalue weighted by Crippen LogP contribution is -2.53. The predicted molar refractivity (Wildman–Crippen MR) is 108 cm³/mol. The number of halogens is 1. The zero-order valence-electron chi connectivity index (χ0n) is 15.5. The number of likely N-dealkylation sites (tertiary alicyclic amines) is 1. The molecule has 2 heterocycles. The minimum atomic E-state index is 0. The maximum Gasteiger partial charge on any atom is 0.193 e.